The van der Waals surface area contributed by atoms with Gasteiger partial charge in [0.15, 0.2) is 5.15 Å². The number of nitrogens with zero attached hydrogens (tertiary/aromatic N) is 3. The van der Waals surface area contributed by atoms with Gasteiger partial charge >= 0.3 is 0 Å². The lowest BCUT2D eigenvalue weighted by atomic mass is 10.1. The van der Waals surface area contributed by atoms with E-state index in [1.807, 2.05) is 29.2 Å². The molecule has 0 radical (unpaired) electrons. The van der Waals surface area contributed by atoms with Gasteiger partial charge in [0, 0.05) is 19.6 Å². The maximum Gasteiger partial charge on any atom is 0.271 e. The third-order valence-corrected chi connectivity index (χ3v) is 5.03. The van der Waals surface area contributed by atoms with Gasteiger partial charge in [-0.05, 0) is 25.5 Å². The number of rotatable bonds is 1. The van der Waals surface area contributed by atoms with E-state index in [0.717, 1.165) is 24.3 Å². The quantitative estimate of drug-likeness (QED) is 0.804. The number of fused-ring (bicyclic) bond motifs is 1. The highest BCUT2D eigenvalue weighted by Crippen LogP contribution is 2.35. The number of carbonyl (C=O) groups excluding carboxylic acids is 1. The van der Waals surface area contributed by atoms with Crippen molar-refractivity contribution in [1.29, 1.82) is 0 Å². The van der Waals surface area contributed by atoms with Crippen molar-refractivity contribution in [2.45, 2.75) is 19.4 Å². The van der Waals surface area contributed by atoms with E-state index in [1.54, 1.807) is 5.51 Å². The van der Waals surface area contributed by atoms with Crippen LogP contribution in [0.3, 0.4) is 0 Å². The van der Waals surface area contributed by atoms with Crippen molar-refractivity contribution in [3.63, 3.8) is 0 Å². The largest absolute Gasteiger partial charge is 0.373 e. The van der Waals surface area contributed by atoms with Crippen LogP contribution in [0.2, 0.25) is 5.15 Å². The maximum absolute atomic E-state index is 12.9. The lowest BCUT2D eigenvalue weighted by molar-refractivity contribution is 0.0982. The monoisotopic (exact) mass is 321 g/mol. The first-order valence-corrected chi connectivity index (χ1v) is 8.08. The first-order valence-electron chi connectivity index (χ1n) is 6.82. The summed E-state index contributed by atoms with van der Waals surface area (Å²) in [5.74, 6) is -0.0715. The van der Waals surface area contributed by atoms with Crippen LogP contribution in [-0.4, -0.2) is 30.5 Å². The lowest BCUT2D eigenvalue weighted by Gasteiger charge is -2.28. The van der Waals surface area contributed by atoms with Crippen molar-refractivity contribution in [3.8, 4) is 0 Å². The van der Waals surface area contributed by atoms with Gasteiger partial charge in [0.2, 0.25) is 0 Å². The smallest absolute Gasteiger partial charge is 0.271 e. The van der Waals surface area contributed by atoms with Gasteiger partial charge in [-0.3, -0.25) is 4.79 Å². The van der Waals surface area contributed by atoms with Crippen molar-refractivity contribution >= 4 is 40.2 Å². The molecule has 0 saturated heterocycles. The Labute approximate surface area is 133 Å². The van der Waals surface area contributed by atoms with Gasteiger partial charge in [-0.1, -0.05) is 23.7 Å². The molecule has 3 rings (SSSR count). The van der Waals surface area contributed by atoms with Gasteiger partial charge in [0.1, 0.15) is 4.88 Å². The molecule has 1 aliphatic rings. The van der Waals surface area contributed by atoms with Crippen molar-refractivity contribution in [2.24, 2.45) is 0 Å². The molecule has 1 aliphatic heterocycles. The van der Waals surface area contributed by atoms with Crippen LogP contribution in [-0.2, 0) is 0 Å². The average molecular weight is 322 g/mol. The van der Waals surface area contributed by atoms with E-state index in [9.17, 15) is 4.79 Å². The van der Waals surface area contributed by atoms with Gasteiger partial charge < -0.3 is 9.80 Å². The third-order valence-electron chi connectivity index (χ3n) is 3.81. The fraction of sp³-hybridized carbons (Fsp3) is 0.333. The number of hydrogen-bond acceptors (Lipinski definition) is 4. The van der Waals surface area contributed by atoms with Crippen molar-refractivity contribution in [3.05, 3.63) is 39.8 Å². The summed E-state index contributed by atoms with van der Waals surface area (Å²) in [6.45, 7) is 2.99. The minimum atomic E-state index is -0.0715. The Hall–Kier alpha value is -1.59. The highest BCUT2D eigenvalue weighted by atomic mass is 35.5. The number of aromatic nitrogens is 1. The van der Waals surface area contributed by atoms with E-state index in [4.69, 9.17) is 11.6 Å². The summed E-state index contributed by atoms with van der Waals surface area (Å²) in [6.07, 6.45) is 0.910. The molecule has 0 bridgehead atoms. The third kappa shape index (κ3) is 2.51. The second kappa shape index (κ2) is 5.66. The fourth-order valence-electron chi connectivity index (χ4n) is 2.65. The van der Waals surface area contributed by atoms with Gasteiger partial charge in [-0.2, -0.15) is 0 Å². The van der Waals surface area contributed by atoms with Crippen LogP contribution in [0.5, 0.6) is 0 Å². The van der Waals surface area contributed by atoms with E-state index in [1.165, 1.54) is 11.3 Å². The Morgan fingerprint density at radius 2 is 2.10 bits per heavy atom. The van der Waals surface area contributed by atoms with Crippen LogP contribution < -0.4 is 9.80 Å². The molecule has 0 N–H and O–H groups in total. The summed E-state index contributed by atoms with van der Waals surface area (Å²) in [6, 6.07) is 8.09. The van der Waals surface area contributed by atoms with Crippen LogP contribution in [0, 0.1) is 0 Å². The van der Waals surface area contributed by atoms with Gasteiger partial charge in [0.05, 0.1) is 16.9 Å². The minimum Gasteiger partial charge on any atom is -0.373 e. The Bertz CT molecular complexity index is 672. The minimum absolute atomic E-state index is 0.0715. The van der Waals surface area contributed by atoms with E-state index in [2.05, 4.69) is 23.9 Å². The molecule has 0 aliphatic carbocycles. The number of anilines is 2. The van der Waals surface area contributed by atoms with Crippen LogP contribution >= 0.6 is 22.9 Å². The normalized spacial score (nSPS) is 18.3. The van der Waals surface area contributed by atoms with Gasteiger partial charge in [-0.15, -0.1) is 11.3 Å². The predicted octanol–water partition coefficient (Wildman–Crippen LogP) is 3.67. The van der Waals surface area contributed by atoms with Crippen molar-refractivity contribution in [2.75, 3.05) is 23.4 Å². The number of hydrogen-bond donors (Lipinski definition) is 0. The molecular weight excluding hydrogens is 306 g/mol. The van der Waals surface area contributed by atoms with Crippen molar-refractivity contribution in [1.82, 2.24) is 4.98 Å². The molecular formula is C15H16ClN3OS. The molecule has 0 saturated carbocycles. The Morgan fingerprint density at radius 1 is 1.38 bits per heavy atom. The molecule has 110 valence electrons. The second-order valence-electron chi connectivity index (χ2n) is 5.20. The maximum atomic E-state index is 12.9. The van der Waals surface area contributed by atoms with E-state index in [0.29, 0.717) is 4.88 Å². The molecule has 1 aromatic carbocycles. The van der Waals surface area contributed by atoms with Gasteiger partial charge in [-0.25, -0.2) is 4.98 Å². The van der Waals surface area contributed by atoms with E-state index >= 15 is 0 Å². The molecule has 1 amide bonds. The number of carbonyl (C=O) groups is 1. The molecule has 0 fully saturated rings. The summed E-state index contributed by atoms with van der Waals surface area (Å²) in [5, 5.41) is 0.285. The first-order chi connectivity index (χ1) is 10.1. The Balaban J connectivity index is 2.09. The number of halogens is 1. The summed E-state index contributed by atoms with van der Waals surface area (Å²) in [7, 11) is 2.05. The standard InChI is InChI=1S/C15H16ClN3OS/c1-10-7-8-18(2)11-5-3-4-6-12(11)19(10)15(20)13-14(16)17-9-21-13/h3-6,9-10H,7-8H2,1-2H3. The number of benzene rings is 1. The summed E-state index contributed by atoms with van der Waals surface area (Å²) in [5.41, 5.74) is 3.60. The molecule has 2 heterocycles. The van der Waals surface area contributed by atoms with Crippen LogP contribution in [0.15, 0.2) is 29.8 Å². The van der Waals surface area contributed by atoms with Crippen molar-refractivity contribution < 1.29 is 4.79 Å². The van der Waals surface area contributed by atoms with E-state index in [-0.39, 0.29) is 17.1 Å². The zero-order chi connectivity index (χ0) is 15.0. The molecule has 0 spiro atoms. The van der Waals surface area contributed by atoms with Crippen LogP contribution in [0.25, 0.3) is 0 Å². The Morgan fingerprint density at radius 3 is 2.76 bits per heavy atom. The molecule has 2 aromatic rings. The zero-order valence-corrected chi connectivity index (χ0v) is 13.5. The topological polar surface area (TPSA) is 36.4 Å². The van der Waals surface area contributed by atoms with Crippen LogP contribution in [0.1, 0.15) is 23.0 Å². The fourth-order valence-corrected chi connectivity index (χ4v) is 3.58. The highest BCUT2D eigenvalue weighted by molar-refractivity contribution is 7.12. The number of thiazole rings is 1. The SMILES string of the molecule is CC1CCN(C)c2ccccc2N1C(=O)c1scnc1Cl. The molecule has 6 heteroatoms. The molecule has 4 nitrogen and oxygen atoms in total. The molecule has 1 atom stereocenters. The second-order valence-corrected chi connectivity index (χ2v) is 6.41. The number of para-hydroxylation sites is 2. The summed E-state index contributed by atoms with van der Waals surface area (Å²) < 4.78 is 0. The van der Waals surface area contributed by atoms with E-state index < -0.39 is 0 Å². The summed E-state index contributed by atoms with van der Waals surface area (Å²) in [4.78, 5) is 21.4. The molecule has 1 aromatic heterocycles. The predicted molar refractivity (Wildman–Crippen MR) is 87.7 cm³/mol. The first kappa shape index (κ1) is 14.4. The highest BCUT2D eigenvalue weighted by Gasteiger charge is 2.30. The number of amides is 1. The molecule has 1 unspecified atom stereocenters. The Kier molecular flexibility index (Phi) is 3.87. The average Bonchev–Trinajstić information content (AvgIpc) is 2.86. The zero-order valence-electron chi connectivity index (χ0n) is 11.9. The van der Waals surface area contributed by atoms with Crippen LogP contribution in [0.4, 0.5) is 11.4 Å². The summed E-state index contributed by atoms with van der Waals surface area (Å²) >= 11 is 7.33. The lowest BCUT2D eigenvalue weighted by Crippen LogP contribution is -2.38. The van der Waals surface area contributed by atoms with Gasteiger partial charge in [0.25, 0.3) is 5.91 Å². The molecule has 21 heavy (non-hydrogen) atoms.